The molecule has 176 valence electrons. The fraction of sp³-hybridized carbons (Fsp3) is 0.458. The highest BCUT2D eigenvalue weighted by molar-refractivity contribution is 6.32. The molecule has 0 bridgehead atoms. The van der Waals surface area contributed by atoms with Crippen molar-refractivity contribution in [2.45, 2.75) is 64.6 Å². The van der Waals surface area contributed by atoms with E-state index in [9.17, 15) is 14.3 Å². The van der Waals surface area contributed by atoms with Crippen LogP contribution in [0.4, 0.5) is 10.3 Å². The van der Waals surface area contributed by atoms with Gasteiger partial charge in [0.25, 0.3) is 0 Å². The number of rotatable bonds is 6. The van der Waals surface area contributed by atoms with E-state index in [0.717, 1.165) is 31.6 Å². The van der Waals surface area contributed by atoms with E-state index >= 15 is 0 Å². The van der Waals surface area contributed by atoms with E-state index in [2.05, 4.69) is 22.2 Å². The van der Waals surface area contributed by atoms with Crippen molar-refractivity contribution >= 4 is 17.5 Å². The lowest BCUT2D eigenvalue weighted by atomic mass is 9.87. The van der Waals surface area contributed by atoms with Gasteiger partial charge in [0, 0.05) is 12.2 Å². The molecule has 0 atom stereocenters. The lowest BCUT2D eigenvalue weighted by Gasteiger charge is -2.26. The Morgan fingerprint density at radius 3 is 2.48 bits per heavy atom. The molecule has 2 aromatic heterocycles. The van der Waals surface area contributed by atoms with Gasteiger partial charge in [-0.05, 0) is 75.8 Å². The van der Waals surface area contributed by atoms with Crippen LogP contribution in [0, 0.1) is 11.7 Å². The molecule has 2 N–H and O–H groups in total. The average molecular weight is 474 g/mol. The van der Waals surface area contributed by atoms with Gasteiger partial charge in [0.1, 0.15) is 16.7 Å². The van der Waals surface area contributed by atoms with E-state index in [-0.39, 0.29) is 11.7 Å². The number of aromatic nitrogens is 4. The lowest BCUT2D eigenvalue weighted by Crippen LogP contribution is -2.33. The fourth-order valence-corrected chi connectivity index (χ4v) is 4.55. The van der Waals surface area contributed by atoms with Crippen LogP contribution in [0.5, 0.6) is 0 Å². The summed E-state index contributed by atoms with van der Waals surface area (Å²) in [5.74, 6) is 0.789. The summed E-state index contributed by atoms with van der Waals surface area (Å²) in [6.45, 7) is 5.45. The van der Waals surface area contributed by atoms with Crippen molar-refractivity contribution in [2.75, 3.05) is 5.32 Å². The topological polar surface area (TPSA) is 85.0 Å². The van der Waals surface area contributed by atoms with Crippen molar-refractivity contribution in [3.63, 3.8) is 0 Å². The van der Waals surface area contributed by atoms with Gasteiger partial charge in [-0.25, -0.2) is 19.2 Å². The molecule has 33 heavy (non-hydrogen) atoms. The number of aliphatic hydroxyl groups is 1. The quantitative estimate of drug-likeness (QED) is 0.544. The number of nitrogens with zero attached hydrogens (tertiary/aromatic N) is 4. The van der Waals surface area contributed by atoms with Crippen LogP contribution in [0.3, 0.4) is 0 Å². The van der Waals surface area contributed by atoms with E-state index in [1.807, 2.05) is 0 Å². The first-order chi connectivity index (χ1) is 15.6. The molecule has 7 nitrogen and oxygen atoms in total. The molecule has 9 heteroatoms. The van der Waals surface area contributed by atoms with Gasteiger partial charge in [-0.3, -0.25) is 9.13 Å². The summed E-state index contributed by atoms with van der Waals surface area (Å²) >= 11 is 6.69. The van der Waals surface area contributed by atoms with Crippen LogP contribution in [0.25, 0.3) is 17.1 Å². The van der Waals surface area contributed by atoms with Crippen molar-refractivity contribution < 1.29 is 9.50 Å². The Labute approximate surface area is 197 Å². The molecule has 2 heterocycles. The summed E-state index contributed by atoms with van der Waals surface area (Å²) in [5, 5.41) is 13.9. The molecule has 4 rings (SSSR count). The largest absolute Gasteiger partial charge is 0.389 e. The van der Waals surface area contributed by atoms with Crippen LogP contribution >= 0.6 is 11.6 Å². The number of halogens is 2. The Bertz CT molecular complexity index is 1180. The molecule has 0 unspecified atom stereocenters. The Kier molecular flexibility index (Phi) is 6.59. The van der Waals surface area contributed by atoms with E-state index in [4.69, 9.17) is 11.6 Å². The van der Waals surface area contributed by atoms with E-state index in [0.29, 0.717) is 29.1 Å². The minimum absolute atomic E-state index is 0.0116. The zero-order chi connectivity index (χ0) is 23.8. The fourth-order valence-electron chi connectivity index (χ4n) is 4.24. The lowest BCUT2D eigenvalue weighted by molar-refractivity contribution is 0.0605. The van der Waals surface area contributed by atoms with Gasteiger partial charge >= 0.3 is 5.69 Å². The Balaban J connectivity index is 1.78. The minimum Gasteiger partial charge on any atom is -0.389 e. The van der Waals surface area contributed by atoms with Crippen LogP contribution in [0.2, 0.25) is 5.15 Å². The van der Waals surface area contributed by atoms with Gasteiger partial charge in [-0.15, -0.1) is 0 Å². The molecule has 0 aliphatic heterocycles. The summed E-state index contributed by atoms with van der Waals surface area (Å²) in [4.78, 5) is 22.4. The van der Waals surface area contributed by atoms with Crippen LogP contribution in [-0.2, 0) is 6.54 Å². The minimum atomic E-state index is -1.17. The second-order valence-corrected chi connectivity index (χ2v) is 9.86. The van der Waals surface area contributed by atoms with Gasteiger partial charge in [0.15, 0.2) is 0 Å². The SMILES string of the molecule is CC(C)(O)Cn1c(Cl)c(-c2ccnc(N[C@H]3CC[C@H](C)CC3)n2)n(-c2ccc(F)cc2)c1=O. The average Bonchev–Trinajstić information content (AvgIpc) is 3.00. The van der Waals surface area contributed by atoms with Crippen LogP contribution in [0.1, 0.15) is 46.5 Å². The number of imidazole rings is 1. The van der Waals surface area contributed by atoms with Gasteiger partial charge in [0.2, 0.25) is 5.95 Å². The standard InChI is InChI=1S/C24H29ClFN5O2/c1-15-4-8-17(9-5-15)28-22-27-13-12-19(29-22)20-21(25)30(14-24(2,3)33)23(32)31(20)18-10-6-16(26)7-11-18/h6-7,10-13,15,17,33H,4-5,8-9,14H2,1-3H3,(H,27,28,29)/t15-,17-. The summed E-state index contributed by atoms with van der Waals surface area (Å²) in [5.41, 5.74) is -0.353. The molecule has 0 saturated heterocycles. The number of nitrogens with one attached hydrogen (secondary N) is 1. The monoisotopic (exact) mass is 473 g/mol. The Morgan fingerprint density at radius 1 is 1.18 bits per heavy atom. The van der Waals surface area contributed by atoms with Crippen molar-refractivity contribution in [3.8, 4) is 17.1 Å². The Hall–Kier alpha value is -2.71. The first-order valence-electron chi connectivity index (χ1n) is 11.2. The molecule has 1 aromatic carbocycles. The predicted octanol–water partition coefficient (Wildman–Crippen LogP) is 4.65. The highest BCUT2D eigenvalue weighted by Crippen LogP contribution is 2.31. The summed E-state index contributed by atoms with van der Waals surface area (Å²) in [7, 11) is 0. The Morgan fingerprint density at radius 2 is 1.85 bits per heavy atom. The van der Waals surface area contributed by atoms with Crippen molar-refractivity contribution in [3.05, 3.63) is 58.0 Å². The van der Waals surface area contributed by atoms with Gasteiger partial charge in [-0.2, -0.15) is 0 Å². The second-order valence-electron chi connectivity index (χ2n) is 9.50. The maximum atomic E-state index is 13.6. The highest BCUT2D eigenvalue weighted by Gasteiger charge is 2.26. The predicted molar refractivity (Wildman–Crippen MR) is 127 cm³/mol. The number of hydrogen-bond donors (Lipinski definition) is 2. The highest BCUT2D eigenvalue weighted by atomic mass is 35.5. The maximum absolute atomic E-state index is 13.6. The van der Waals surface area contributed by atoms with Crippen molar-refractivity contribution in [1.29, 1.82) is 0 Å². The van der Waals surface area contributed by atoms with Crippen LogP contribution in [0.15, 0.2) is 41.3 Å². The molecular formula is C24H29ClFN5O2. The second kappa shape index (κ2) is 9.27. The normalized spacial score (nSPS) is 19.0. The third-order valence-corrected chi connectivity index (χ3v) is 6.34. The van der Waals surface area contributed by atoms with Gasteiger partial charge in [0.05, 0.1) is 23.5 Å². The first kappa shape index (κ1) is 23.4. The molecule has 0 radical (unpaired) electrons. The van der Waals surface area contributed by atoms with E-state index < -0.39 is 17.1 Å². The molecular weight excluding hydrogens is 445 g/mol. The molecule has 1 aliphatic carbocycles. The number of hydrogen-bond acceptors (Lipinski definition) is 5. The summed E-state index contributed by atoms with van der Waals surface area (Å²) in [6.07, 6.45) is 6.05. The van der Waals surface area contributed by atoms with Gasteiger partial charge in [-0.1, -0.05) is 18.5 Å². The molecule has 1 aliphatic rings. The first-order valence-corrected chi connectivity index (χ1v) is 11.6. The molecule has 1 saturated carbocycles. The van der Waals surface area contributed by atoms with Crippen LogP contribution < -0.4 is 11.0 Å². The smallest absolute Gasteiger partial charge is 0.334 e. The van der Waals surface area contributed by atoms with Crippen molar-refractivity contribution in [2.24, 2.45) is 5.92 Å². The third kappa shape index (κ3) is 5.28. The third-order valence-electron chi connectivity index (χ3n) is 5.96. The van der Waals surface area contributed by atoms with E-state index in [1.165, 1.54) is 33.4 Å². The van der Waals surface area contributed by atoms with Crippen LogP contribution in [-0.4, -0.2) is 35.9 Å². The zero-order valence-electron chi connectivity index (χ0n) is 19.1. The number of anilines is 1. The van der Waals surface area contributed by atoms with E-state index in [1.54, 1.807) is 26.1 Å². The number of benzene rings is 1. The zero-order valence-corrected chi connectivity index (χ0v) is 19.8. The maximum Gasteiger partial charge on any atom is 0.334 e. The summed E-state index contributed by atoms with van der Waals surface area (Å²) < 4.78 is 16.2. The molecule has 0 spiro atoms. The molecule has 3 aromatic rings. The van der Waals surface area contributed by atoms with Crippen molar-refractivity contribution in [1.82, 2.24) is 19.1 Å². The van der Waals surface area contributed by atoms with Gasteiger partial charge < -0.3 is 10.4 Å². The summed E-state index contributed by atoms with van der Waals surface area (Å²) in [6, 6.07) is 7.56. The molecule has 0 amide bonds. The molecule has 1 fully saturated rings.